The molecular weight excluding hydrogens is 366 g/mol. The van der Waals surface area contributed by atoms with Crippen LogP contribution in [-0.2, 0) is 6.54 Å². The Morgan fingerprint density at radius 1 is 1.04 bits per heavy atom. The number of fused-ring (bicyclic) bond motifs is 3. The van der Waals surface area contributed by atoms with Gasteiger partial charge in [-0.25, -0.2) is 9.97 Å². The van der Waals surface area contributed by atoms with E-state index in [1.165, 1.54) is 37.2 Å². The molecule has 0 bridgehead atoms. The van der Waals surface area contributed by atoms with Gasteiger partial charge in [-0.15, -0.1) is 0 Å². The summed E-state index contributed by atoms with van der Waals surface area (Å²) in [5, 5.41) is 3.36. The molecule has 2 aliphatic rings. The van der Waals surface area contributed by atoms with Gasteiger partial charge < -0.3 is 9.62 Å². The number of hydrogen-bond acceptors (Lipinski definition) is 6. The zero-order valence-corrected chi connectivity index (χ0v) is 16.7. The lowest BCUT2D eigenvalue weighted by molar-refractivity contribution is 0.331. The predicted molar refractivity (Wildman–Crippen MR) is 116 cm³/mol. The fourth-order valence-corrected chi connectivity index (χ4v) is 4.75. The van der Waals surface area contributed by atoms with E-state index in [9.17, 15) is 0 Å². The van der Waals surface area contributed by atoms with Crippen molar-refractivity contribution in [3.05, 3.63) is 60.3 Å². The van der Waals surface area contributed by atoms with Crippen LogP contribution < -0.4 is 9.62 Å². The highest BCUT2D eigenvalue weighted by atomic mass is 32.2. The standard InChI is InChI=1S/C22H23N5S/c1-26-19-7-3-2-6-18(19)21-20(28-26)14-23-22(25-21)24-17-10-8-16(9-11-17)15-27-12-4-5-13-27/h2-3,6-11,14H,4-5,12-13,15H2,1H3,(H,23,24,25). The van der Waals surface area contributed by atoms with Gasteiger partial charge in [0.15, 0.2) is 0 Å². The molecule has 3 aromatic rings. The molecule has 6 heteroatoms. The smallest absolute Gasteiger partial charge is 0.227 e. The molecule has 0 aliphatic carbocycles. The third-order valence-electron chi connectivity index (χ3n) is 5.30. The fourth-order valence-electron chi connectivity index (χ4n) is 3.86. The first-order valence-electron chi connectivity index (χ1n) is 9.73. The molecule has 1 aromatic heterocycles. The van der Waals surface area contributed by atoms with Crippen LogP contribution >= 0.6 is 11.9 Å². The molecule has 1 fully saturated rings. The molecule has 0 unspecified atom stereocenters. The van der Waals surface area contributed by atoms with E-state index >= 15 is 0 Å². The van der Waals surface area contributed by atoms with Gasteiger partial charge in [-0.1, -0.05) is 30.3 Å². The van der Waals surface area contributed by atoms with Crippen LogP contribution in [0.25, 0.3) is 11.3 Å². The maximum atomic E-state index is 4.81. The Kier molecular flexibility index (Phi) is 4.66. The summed E-state index contributed by atoms with van der Waals surface area (Å²) in [5.41, 5.74) is 5.68. The van der Waals surface area contributed by atoms with Gasteiger partial charge >= 0.3 is 0 Å². The first kappa shape index (κ1) is 17.5. The quantitative estimate of drug-likeness (QED) is 0.638. The van der Waals surface area contributed by atoms with Crippen LogP contribution in [0, 0.1) is 0 Å². The molecule has 1 N–H and O–H groups in total. The Morgan fingerprint density at radius 3 is 2.64 bits per heavy atom. The highest BCUT2D eigenvalue weighted by Crippen LogP contribution is 2.44. The lowest BCUT2D eigenvalue weighted by atomic mass is 10.1. The summed E-state index contributed by atoms with van der Waals surface area (Å²) in [4.78, 5) is 12.9. The third-order valence-corrected chi connectivity index (χ3v) is 6.27. The average Bonchev–Trinajstić information content (AvgIpc) is 3.23. The highest BCUT2D eigenvalue weighted by molar-refractivity contribution is 8.00. The number of aromatic nitrogens is 2. The summed E-state index contributed by atoms with van der Waals surface area (Å²) in [7, 11) is 2.07. The minimum atomic E-state index is 0.631. The van der Waals surface area contributed by atoms with E-state index in [1.807, 2.05) is 6.20 Å². The van der Waals surface area contributed by atoms with Crippen molar-refractivity contribution in [3.8, 4) is 11.3 Å². The van der Waals surface area contributed by atoms with E-state index in [0.29, 0.717) is 5.95 Å². The Hall–Kier alpha value is -2.57. The zero-order chi connectivity index (χ0) is 18.9. The van der Waals surface area contributed by atoms with Gasteiger partial charge in [0.05, 0.1) is 16.3 Å². The van der Waals surface area contributed by atoms with Crippen LogP contribution in [-0.4, -0.2) is 35.0 Å². The van der Waals surface area contributed by atoms with Crippen LogP contribution in [0.3, 0.4) is 0 Å². The number of hydrogen-bond donors (Lipinski definition) is 1. The first-order chi connectivity index (χ1) is 13.8. The summed E-state index contributed by atoms with van der Waals surface area (Å²) in [6.07, 6.45) is 4.56. The molecule has 5 rings (SSSR count). The van der Waals surface area contributed by atoms with E-state index in [-0.39, 0.29) is 0 Å². The molecule has 0 spiro atoms. The zero-order valence-electron chi connectivity index (χ0n) is 15.9. The highest BCUT2D eigenvalue weighted by Gasteiger charge is 2.22. The van der Waals surface area contributed by atoms with E-state index in [0.717, 1.165) is 28.4 Å². The third kappa shape index (κ3) is 3.45. The Balaban J connectivity index is 1.35. The lowest BCUT2D eigenvalue weighted by Crippen LogP contribution is -2.18. The van der Waals surface area contributed by atoms with E-state index in [2.05, 4.69) is 75.1 Å². The van der Waals surface area contributed by atoms with Crippen molar-refractivity contribution in [2.75, 3.05) is 29.8 Å². The number of anilines is 3. The maximum absolute atomic E-state index is 4.81. The van der Waals surface area contributed by atoms with Crippen molar-refractivity contribution >= 4 is 29.3 Å². The van der Waals surface area contributed by atoms with Gasteiger partial charge in [0.2, 0.25) is 5.95 Å². The van der Waals surface area contributed by atoms with Gasteiger partial charge in [0.25, 0.3) is 0 Å². The average molecular weight is 390 g/mol. The molecule has 0 atom stereocenters. The second-order valence-corrected chi connectivity index (χ2v) is 8.49. The van der Waals surface area contributed by atoms with Crippen molar-refractivity contribution in [2.24, 2.45) is 0 Å². The molecule has 1 saturated heterocycles. The number of nitrogens with zero attached hydrogens (tertiary/aromatic N) is 4. The largest absolute Gasteiger partial charge is 0.324 e. The molecule has 0 saturated carbocycles. The van der Waals surface area contributed by atoms with Crippen LogP contribution in [0.5, 0.6) is 0 Å². The van der Waals surface area contributed by atoms with Gasteiger partial charge in [-0.2, -0.15) is 0 Å². The molecule has 2 aromatic carbocycles. The normalized spacial score (nSPS) is 16.0. The molecule has 0 radical (unpaired) electrons. The van der Waals surface area contributed by atoms with Crippen molar-refractivity contribution in [3.63, 3.8) is 0 Å². The van der Waals surface area contributed by atoms with Crippen molar-refractivity contribution in [1.82, 2.24) is 14.9 Å². The predicted octanol–water partition coefficient (Wildman–Crippen LogP) is 4.94. The van der Waals surface area contributed by atoms with Gasteiger partial charge in [-0.3, -0.25) is 4.90 Å². The minimum Gasteiger partial charge on any atom is -0.324 e. The van der Waals surface area contributed by atoms with E-state index in [4.69, 9.17) is 4.98 Å². The number of rotatable bonds is 4. The van der Waals surface area contributed by atoms with Crippen molar-refractivity contribution < 1.29 is 0 Å². The second kappa shape index (κ2) is 7.45. The molecular formula is C22H23N5S. The molecule has 3 heterocycles. The van der Waals surface area contributed by atoms with Crippen LogP contribution in [0.4, 0.5) is 17.3 Å². The van der Waals surface area contributed by atoms with Crippen molar-refractivity contribution in [2.45, 2.75) is 24.3 Å². The Bertz CT molecular complexity index is 982. The minimum absolute atomic E-state index is 0.631. The van der Waals surface area contributed by atoms with E-state index < -0.39 is 0 Å². The topological polar surface area (TPSA) is 44.3 Å². The number of benzene rings is 2. The van der Waals surface area contributed by atoms with E-state index in [1.54, 1.807) is 11.9 Å². The monoisotopic (exact) mass is 389 g/mol. The summed E-state index contributed by atoms with van der Waals surface area (Å²) in [6.45, 7) is 3.48. The SMILES string of the molecule is CN1Sc2cnc(Nc3ccc(CN4CCCC4)cc3)nc2-c2ccccc21. The van der Waals surface area contributed by atoms with Gasteiger partial charge in [-0.05, 0) is 61.6 Å². The van der Waals surface area contributed by atoms with Crippen LogP contribution in [0.1, 0.15) is 18.4 Å². The Labute approximate surface area is 169 Å². The molecule has 5 nitrogen and oxygen atoms in total. The van der Waals surface area contributed by atoms with Gasteiger partial charge in [0.1, 0.15) is 0 Å². The Morgan fingerprint density at radius 2 is 1.82 bits per heavy atom. The summed E-state index contributed by atoms with van der Waals surface area (Å²) < 4.78 is 2.16. The van der Waals surface area contributed by atoms with Crippen LogP contribution in [0.2, 0.25) is 0 Å². The first-order valence-corrected chi connectivity index (χ1v) is 10.5. The fraction of sp³-hybridized carbons (Fsp3) is 0.273. The molecule has 0 amide bonds. The van der Waals surface area contributed by atoms with Gasteiger partial charge in [0, 0.05) is 31.0 Å². The summed E-state index contributed by atoms with van der Waals surface area (Å²) >= 11 is 1.66. The summed E-state index contributed by atoms with van der Waals surface area (Å²) in [6, 6.07) is 17.0. The molecule has 142 valence electrons. The number of nitrogens with one attached hydrogen (secondary N) is 1. The van der Waals surface area contributed by atoms with Crippen LogP contribution in [0.15, 0.2) is 59.6 Å². The van der Waals surface area contributed by atoms with Crippen molar-refractivity contribution in [1.29, 1.82) is 0 Å². The summed E-state index contributed by atoms with van der Waals surface area (Å²) in [5.74, 6) is 0.631. The number of likely N-dealkylation sites (tertiary alicyclic amines) is 1. The second-order valence-electron chi connectivity index (χ2n) is 7.32. The lowest BCUT2D eigenvalue weighted by Gasteiger charge is -2.27. The maximum Gasteiger partial charge on any atom is 0.227 e. The molecule has 28 heavy (non-hydrogen) atoms. The molecule has 2 aliphatic heterocycles. The number of para-hydroxylation sites is 1.